The molecule has 4 N–H and O–H groups in total. The summed E-state index contributed by atoms with van der Waals surface area (Å²) in [6.07, 6.45) is 0.892. The van der Waals surface area contributed by atoms with Crippen molar-refractivity contribution in [1.82, 2.24) is 5.32 Å². The van der Waals surface area contributed by atoms with Crippen molar-refractivity contribution in [2.24, 2.45) is 0 Å². The minimum absolute atomic E-state index is 0.118. The molecular formula is C16H19N3O. The smallest absolute Gasteiger partial charge is 0.253 e. The van der Waals surface area contributed by atoms with Crippen LogP contribution >= 0.6 is 0 Å². The van der Waals surface area contributed by atoms with Gasteiger partial charge in [0.1, 0.15) is 0 Å². The SMILES string of the molecule is CNC(=O)c1ccc(N)cc1NCCc1ccccc1. The zero-order chi connectivity index (χ0) is 14.4. The van der Waals surface area contributed by atoms with Crippen LogP contribution in [0.5, 0.6) is 0 Å². The van der Waals surface area contributed by atoms with Crippen molar-refractivity contribution in [3.63, 3.8) is 0 Å². The van der Waals surface area contributed by atoms with Crippen molar-refractivity contribution in [3.05, 3.63) is 59.7 Å². The molecule has 2 aromatic rings. The van der Waals surface area contributed by atoms with E-state index in [4.69, 9.17) is 5.73 Å². The van der Waals surface area contributed by atoms with Crippen LogP contribution in [0.15, 0.2) is 48.5 Å². The molecule has 104 valence electrons. The minimum atomic E-state index is -0.118. The van der Waals surface area contributed by atoms with Crippen LogP contribution in [0.1, 0.15) is 15.9 Å². The molecule has 0 spiro atoms. The minimum Gasteiger partial charge on any atom is -0.399 e. The molecule has 0 unspecified atom stereocenters. The van der Waals surface area contributed by atoms with Gasteiger partial charge in [-0.1, -0.05) is 30.3 Å². The van der Waals surface area contributed by atoms with E-state index < -0.39 is 0 Å². The highest BCUT2D eigenvalue weighted by molar-refractivity contribution is 6.00. The Kier molecular flexibility index (Phi) is 4.60. The molecule has 0 heterocycles. The van der Waals surface area contributed by atoms with Gasteiger partial charge in [0.2, 0.25) is 0 Å². The number of amides is 1. The van der Waals surface area contributed by atoms with E-state index in [1.54, 1.807) is 25.2 Å². The number of carbonyl (C=O) groups excluding carboxylic acids is 1. The van der Waals surface area contributed by atoms with E-state index >= 15 is 0 Å². The third-order valence-electron chi connectivity index (χ3n) is 3.09. The zero-order valence-electron chi connectivity index (χ0n) is 11.5. The van der Waals surface area contributed by atoms with Crippen molar-refractivity contribution in [2.75, 3.05) is 24.6 Å². The number of carbonyl (C=O) groups is 1. The van der Waals surface area contributed by atoms with Gasteiger partial charge in [0, 0.05) is 25.0 Å². The fourth-order valence-electron chi connectivity index (χ4n) is 2.03. The molecule has 0 saturated heterocycles. The second-order valence-corrected chi connectivity index (χ2v) is 4.55. The molecular weight excluding hydrogens is 250 g/mol. The van der Waals surface area contributed by atoms with E-state index in [9.17, 15) is 4.79 Å². The van der Waals surface area contributed by atoms with Gasteiger partial charge in [-0.2, -0.15) is 0 Å². The number of nitrogen functional groups attached to an aromatic ring is 1. The maximum atomic E-state index is 11.8. The normalized spacial score (nSPS) is 10.1. The van der Waals surface area contributed by atoms with Crippen LogP contribution in [0, 0.1) is 0 Å². The Bertz CT molecular complexity index is 582. The lowest BCUT2D eigenvalue weighted by Crippen LogP contribution is -2.20. The molecule has 4 nitrogen and oxygen atoms in total. The Morgan fingerprint density at radius 3 is 2.60 bits per heavy atom. The maximum absolute atomic E-state index is 11.8. The van der Waals surface area contributed by atoms with E-state index in [0.29, 0.717) is 11.3 Å². The molecule has 4 heteroatoms. The lowest BCUT2D eigenvalue weighted by molar-refractivity contribution is 0.0964. The topological polar surface area (TPSA) is 67.2 Å². The summed E-state index contributed by atoms with van der Waals surface area (Å²) < 4.78 is 0. The molecule has 0 bridgehead atoms. The average Bonchev–Trinajstić information content (AvgIpc) is 2.48. The van der Waals surface area contributed by atoms with Crippen LogP contribution in [-0.2, 0) is 6.42 Å². The highest BCUT2D eigenvalue weighted by atomic mass is 16.1. The summed E-state index contributed by atoms with van der Waals surface area (Å²) in [5, 5.41) is 5.91. The van der Waals surface area contributed by atoms with Gasteiger partial charge in [-0.25, -0.2) is 0 Å². The second-order valence-electron chi connectivity index (χ2n) is 4.55. The highest BCUT2D eigenvalue weighted by Crippen LogP contribution is 2.19. The molecule has 2 rings (SSSR count). The van der Waals surface area contributed by atoms with Gasteiger partial charge in [0.05, 0.1) is 5.56 Å². The fourth-order valence-corrected chi connectivity index (χ4v) is 2.03. The first-order valence-corrected chi connectivity index (χ1v) is 6.60. The molecule has 2 aromatic carbocycles. The summed E-state index contributed by atoms with van der Waals surface area (Å²) in [6, 6.07) is 15.5. The summed E-state index contributed by atoms with van der Waals surface area (Å²) in [5.74, 6) is -0.118. The molecule has 0 aromatic heterocycles. The molecule has 20 heavy (non-hydrogen) atoms. The van der Waals surface area contributed by atoms with E-state index in [1.165, 1.54) is 5.56 Å². The molecule has 0 aliphatic rings. The van der Waals surface area contributed by atoms with Crippen LogP contribution in [0.25, 0.3) is 0 Å². The van der Waals surface area contributed by atoms with Gasteiger partial charge in [0.15, 0.2) is 0 Å². The zero-order valence-corrected chi connectivity index (χ0v) is 11.5. The Morgan fingerprint density at radius 2 is 1.90 bits per heavy atom. The lowest BCUT2D eigenvalue weighted by Gasteiger charge is -2.12. The number of anilines is 2. The highest BCUT2D eigenvalue weighted by Gasteiger charge is 2.09. The number of hydrogen-bond donors (Lipinski definition) is 3. The Morgan fingerprint density at radius 1 is 1.15 bits per heavy atom. The van der Waals surface area contributed by atoms with E-state index in [1.807, 2.05) is 18.2 Å². The van der Waals surface area contributed by atoms with E-state index in [-0.39, 0.29) is 5.91 Å². The summed E-state index contributed by atoms with van der Waals surface area (Å²) in [5.41, 5.74) is 9.04. The monoisotopic (exact) mass is 269 g/mol. The van der Waals surface area contributed by atoms with Gasteiger partial charge >= 0.3 is 0 Å². The van der Waals surface area contributed by atoms with Crippen LogP contribution in [0.3, 0.4) is 0 Å². The number of nitrogens with two attached hydrogens (primary N) is 1. The summed E-state index contributed by atoms with van der Waals surface area (Å²) in [4.78, 5) is 11.8. The third-order valence-corrected chi connectivity index (χ3v) is 3.09. The summed E-state index contributed by atoms with van der Waals surface area (Å²) in [6.45, 7) is 0.747. The number of nitrogens with one attached hydrogen (secondary N) is 2. The van der Waals surface area contributed by atoms with Crippen molar-refractivity contribution in [2.45, 2.75) is 6.42 Å². The quantitative estimate of drug-likeness (QED) is 0.729. The lowest BCUT2D eigenvalue weighted by atomic mass is 10.1. The van der Waals surface area contributed by atoms with Gasteiger partial charge in [-0.05, 0) is 30.2 Å². The largest absolute Gasteiger partial charge is 0.399 e. The number of hydrogen-bond acceptors (Lipinski definition) is 3. The van der Waals surface area contributed by atoms with Crippen molar-refractivity contribution in [1.29, 1.82) is 0 Å². The van der Waals surface area contributed by atoms with Crippen LogP contribution in [-0.4, -0.2) is 19.5 Å². The molecule has 1 amide bonds. The summed E-state index contributed by atoms with van der Waals surface area (Å²) >= 11 is 0. The first-order valence-electron chi connectivity index (χ1n) is 6.60. The Hall–Kier alpha value is -2.49. The maximum Gasteiger partial charge on any atom is 0.253 e. The third kappa shape index (κ3) is 3.51. The van der Waals surface area contributed by atoms with Gasteiger partial charge in [-0.15, -0.1) is 0 Å². The second kappa shape index (κ2) is 6.61. The van der Waals surface area contributed by atoms with Crippen LogP contribution in [0.2, 0.25) is 0 Å². The first-order chi connectivity index (χ1) is 9.70. The molecule has 0 atom stereocenters. The first kappa shape index (κ1) is 13.9. The van der Waals surface area contributed by atoms with Gasteiger partial charge in [0.25, 0.3) is 5.91 Å². The fraction of sp³-hybridized carbons (Fsp3) is 0.188. The molecule has 0 radical (unpaired) electrons. The van der Waals surface area contributed by atoms with Crippen molar-refractivity contribution >= 4 is 17.3 Å². The van der Waals surface area contributed by atoms with E-state index in [0.717, 1.165) is 18.7 Å². The summed E-state index contributed by atoms with van der Waals surface area (Å²) in [7, 11) is 1.62. The molecule has 0 saturated carbocycles. The molecule has 0 fully saturated rings. The van der Waals surface area contributed by atoms with Crippen LogP contribution in [0.4, 0.5) is 11.4 Å². The predicted molar refractivity (Wildman–Crippen MR) is 82.9 cm³/mol. The van der Waals surface area contributed by atoms with Gasteiger partial charge in [-0.3, -0.25) is 4.79 Å². The average molecular weight is 269 g/mol. The van der Waals surface area contributed by atoms with Gasteiger partial charge < -0.3 is 16.4 Å². The Balaban J connectivity index is 2.05. The number of rotatable bonds is 5. The number of benzene rings is 2. The van der Waals surface area contributed by atoms with Crippen molar-refractivity contribution < 1.29 is 4.79 Å². The van der Waals surface area contributed by atoms with Crippen molar-refractivity contribution in [3.8, 4) is 0 Å². The molecule has 0 aliphatic heterocycles. The predicted octanol–water partition coefficient (Wildman–Crippen LogP) is 2.28. The standard InChI is InChI=1S/C16H19N3O/c1-18-16(20)14-8-7-13(17)11-15(14)19-10-9-12-5-3-2-4-6-12/h2-8,11,19H,9-10,17H2,1H3,(H,18,20). The van der Waals surface area contributed by atoms with E-state index in [2.05, 4.69) is 22.8 Å². The van der Waals surface area contributed by atoms with Crippen LogP contribution < -0.4 is 16.4 Å². The molecule has 0 aliphatic carbocycles. The Labute approximate surface area is 119 Å².